The fraction of sp³-hybridized carbons (Fsp3) is 0.0526. The summed E-state index contributed by atoms with van der Waals surface area (Å²) in [6, 6.07) is 9.37. The molecule has 26 heavy (non-hydrogen) atoms. The fourth-order valence-corrected chi connectivity index (χ4v) is 3.04. The van der Waals surface area contributed by atoms with E-state index in [0.29, 0.717) is 22.1 Å². The largest absolute Gasteiger partial charge is 0.381 e. The minimum absolute atomic E-state index is 0.186. The highest BCUT2D eigenvalue weighted by atomic mass is 35.5. The maximum absolute atomic E-state index is 6.42. The highest BCUT2D eigenvalue weighted by Crippen LogP contribution is 2.34. The van der Waals surface area contributed by atoms with Gasteiger partial charge in [-0.3, -0.25) is 9.67 Å². The van der Waals surface area contributed by atoms with Gasteiger partial charge in [-0.15, -0.1) is 6.42 Å². The minimum Gasteiger partial charge on any atom is -0.381 e. The van der Waals surface area contributed by atoms with Crippen LogP contribution in [-0.4, -0.2) is 24.7 Å². The summed E-state index contributed by atoms with van der Waals surface area (Å²) in [6.45, 7) is 0. The van der Waals surface area contributed by atoms with Gasteiger partial charge in [-0.05, 0) is 30.2 Å². The Morgan fingerprint density at radius 1 is 1.19 bits per heavy atom. The Kier molecular flexibility index (Phi) is 3.79. The number of terminal acetylenes is 1. The second-order valence-electron chi connectivity index (χ2n) is 5.71. The summed E-state index contributed by atoms with van der Waals surface area (Å²) in [7, 11) is 1.83. The summed E-state index contributed by atoms with van der Waals surface area (Å²) in [4.78, 5) is 13.3. The zero-order valence-electron chi connectivity index (χ0n) is 13.8. The van der Waals surface area contributed by atoms with Crippen molar-refractivity contribution in [1.29, 1.82) is 0 Å². The van der Waals surface area contributed by atoms with Crippen LogP contribution in [0, 0.1) is 12.3 Å². The van der Waals surface area contributed by atoms with Crippen molar-refractivity contribution in [3.63, 3.8) is 0 Å². The Morgan fingerprint density at radius 3 is 2.77 bits per heavy atom. The van der Waals surface area contributed by atoms with Crippen molar-refractivity contribution in [2.45, 2.75) is 0 Å². The molecule has 0 saturated heterocycles. The molecule has 1 aromatic carbocycles. The molecule has 0 aliphatic heterocycles. The molecule has 0 atom stereocenters. The number of nitrogens with two attached hydrogens (primary N) is 1. The quantitative estimate of drug-likeness (QED) is 0.554. The molecule has 0 fully saturated rings. The zero-order chi connectivity index (χ0) is 18.3. The highest BCUT2D eigenvalue weighted by molar-refractivity contribution is 6.35. The molecule has 3 heterocycles. The van der Waals surface area contributed by atoms with Gasteiger partial charge in [-0.2, -0.15) is 5.10 Å². The number of pyridine rings is 1. The number of hydrogen-bond acceptors (Lipinski definition) is 5. The number of hydrogen-bond donors (Lipinski definition) is 1. The van der Waals surface area contributed by atoms with Gasteiger partial charge in [-0.25, -0.2) is 9.97 Å². The van der Waals surface area contributed by atoms with Crippen LogP contribution in [0.3, 0.4) is 0 Å². The third kappa shape index (κ3) is 2.65. The van der Waals surface area contributed by atoms with E-state index in [1.165, 1.54) is 0 Å². The van der Waals surface area contributed by atoms with E-state index in [4.69, 9.17) is 23.8 Å². The Balaban J connectivity index is 2.03. The lowest BCUT2D eigenvalue weighted by atomic mass is 10.0. The molecule has 7 heteroatoms. The van der Waals surface area contributed by atoms with Crippen molar-refractivity contribution >= 4 is 28.3 Å². The van der Waals surface area contributed by atoms with Crippen LogP contribution in [0.2, 0.25) is 5.02 Å². The number of aryl methyl sites for hydroxylation is 1. The first-order chi connectivity index (χ1) is 12.6. The van der Waals surface area contributed by atoms with E-state index in [9.17, 15) is 0 Å². The zero-order valence-corrected chi connectivity index (χ0v) is 14.6. The van der Waals surface area contributed by atoms with E-state index in [1.807, 2.05) is 37.5 Å². The predicted molar refractivity (Wildman–Crippen MR) is 102 cm³/mol. The average molecular weight is 361 g/mol. The van der Waals surface area contributed by atoms with E-state index in [0.717, 1.165) is 16.5 Å². The second kappa shape index (κ2) is 6.14. The molecule has 0 unspecified atom stereocenters. The number of nitrogen functional groups attached to an aromatic ring is 1. The van der Waals surface area contributed by atoms with Crippen LogP contribution in [0.15, 0.2) is 42.7 Å². The molecule has 0 saturated carbocycles. The summed E-state index contributed by atoms with van der Waals surface area (Å²) in [6.07, 6.45) is 9.05. The molecular formula is C19H13ClN6. The molecule has 126 valence electrons. The molecule has 0 aliphatic rings. The van der Waals surface area contributed by atoms with Crippen molar-refractivity contribution in [2.75, 3.05) is 5.73 Å². The number of anilines is 1. The lowest BCUT2D eigenvalue weighted by Gasteiger charge is -2.10. The Hall–Kier alpha value is -3.43. The average Bonchev–Trinajstić information content (AvgIpc) is 3.07. The van der Waals surface area contributed by atoms with Crippen LogP contribution in [0.5, 0.6) is 0 Å². The molecule has 4 rings (SSSR count). The van der Waals surface area contributed by atoms with Crippen LogP contribution in [0.25, 0.3) is 33.5 Å². The summed E-state index contributed by atoms with van der Waals surface area (Å²) in [5.74, 6) is 2.66. The van der Waals surface area contributed by atoms with Crippen molar-refractivity contribution in [3.05, 3.63) is 53.4 Å². The first-order valence-electron chi connectivity index (χ1n) is 7.75. The van der Waals surface area contributed by atoms with Crippen molar-refractivity contribution in [2.24, 2.45) is 7.05 Å². The van der Waals surface area contributed by atoms with Crippen LogP contribution < -0.4 is 5.73 Å². The maximum Gasteiger partial charge on any atom is 0.158 e. The molecule has 3 aromatic heterocycles. The van der Waals surface area contributed by atoms with Gasteiger partial charge in [0, 0.05) is 30.4 Å². The van der Waals surface area contributed by atoms with Gasteiger partial charge in [0.1, 0.15) is 11.4 Å². The third-order valence-corrected chi connectivity index (χ3v) is 4.24. The van der Waals surface area contributed by atoms with Crippen LogP contribution >= 0.6 is 11.6 Å². The van der Waals surface area contributed by atoms with E-state index in [-0.39, 0.29) is 11.5 Å². The predicted octanol–water partition coefficient (Wildman–Crippen LogP) is 3.31. The topological polar surface area (TPSA) is 82.5 Å². The lowest BCUT2D eigenvalue weighted by Crippen LogP contribution is -2.04. The normalized spacial score (nSPS) is 10.8. The summed E-state index contributed by atoms with van der Waals surface area (Å²) in [5.41, 5.74) is 9.48. The number of rotatable bonds is 2. The summed E-state index contributed by atoms with van der Waals surface area (Å²) in [5, 5.41) is 5.82. The molecule has 2 N–H and O–H groups in total. The number of fused-ring (bicyclic) bond motifs is 1. The Morgan fingerprint density at radius 2 is 2.04 bits per heavy atom. The molecule has 6 nitrogen and oxygen atoms in total. The van der Waals surface area contributed by atoms with Gasteiger partial charge in [0.15, 0.2) is 11.5 Å². The van der Waals surface area contributed by atoms with E-state index in [2.05, 4.69) is 26.0 Å². The Bertz CT molecular complexity index is 1190. The van der Waals surface area contributed by atoms with E-state index >= 15 is 0 Å². The highest BCUT2D eigenvalue weighted by Gasteiger charge is 2.18. The summed E-state index contributed by atoms with van der Waals surface area (Å²) < 4.78 is 1.68. The van der Waals surface area contributed by atoms with Crippen LogP contribution in [-0.2, 0) is 7.05 Å². The standard InChI is InChI=1S/C19H13ClN6/c1-3-14-19(21)24-18(15-6-8-26(2)25-15)17(23-14)12-9-11-5-4-7-22-16(11)13(20)10-12/h1,4-10H,2H3,(H2,21,24). The van der Waals surface area contributed by atoms with Gasteiger partial charge in [-0.1, -0.05) is 17.7 Å². The molecule has 0 amide bonds. The lowest BCUT2D eigenvalue weighted by molar-refractivity contribution is 0.770. The number of nitrogens with zero attached hydrogens (tertiary/aromatic N) is 5. The summed E-state index contributed by atoms with van der Waals surface area (Å²) >= 11 is 6.42. The molecule has 0 aliphatic carbocycles. The Labute approximate surface area is 154 Å². The molecular weight excluding hydrogens is 348 g/mol. The minimum atomic E-state index is 0.186. The smallest absolute Gasteiger partial charge is 0.158 e. The van der Waals surface area contributed by atoms with Gasteiger partial charge < -0.3 is 5.73 Å². The number of halogens is 1. The van der Waals surface area contributed by atoms with Crippen LogP contribution in [0.4, 0.5) is 5.82 Å². The second-order valence-corrected chi connectivity index (χ2v) is 6.11. The molecule has 0 bridgehead atoms. The van der Waals surface area contributed by atoms with Gasteiger partial charge in [0.2, 0.25) is 0 Å². The molecule has 0 radical (unpaired) electrons. The van der Waals surface area contributed by atoms with Crippen molar-refractivity contribution in [3.8, 4) is 35.0 Å². The first-order valence-corrected chi connectivity index (χ1v) is 8.13. The van der Waals surface area contributed by atoms with Crippen molar-refractivity contribution < 1.29 is 0 Å². The molecule has 4 aromatic rings. The third-order valence-electron chi connectivity index (χ3n) is 3.95. The maximum atomic E-state index is 6.42. The fourth-order valence-electron chi connectivity index (χ4n) is 2.76. The van der Waals surface area contributed by atoms with Gasteiger partial charge >= 0.3 is 0 Å². The van der Waals surface area contributed by atoms with E-state index < -0.39 is 0 Å². The van der Waals surface area contributed by atoms with Gasteiger partial charge in [0.05, 0.1) is 16.2 Å². The van der Waals surface area contributed by atoms with Gasteiger partial charge in [0.25, 0.3) is 0 Å². The number of aromatic nitrogens is 5. The monoisotopic (exact) mass is 360 g/mol. The van der Waals surface area contributed by atoms with Crippen molar-refractivity contribution in [1.82, 2.24) is 24.7 Å². The first kappa shape index (κ1) is 16.1. The number of benzene rings is 1. The molecule has 0 spiro atoms. The van der Waals surface area contributed by atoms with E-state index in [1.54, 1.807) is 16.9 Å². The SMILES string of the molecule is C#Cc1nc(-c2cc(Cl)c3ncccc3c2)c(-c2ccn(C)n2)nc1N. The van der Waals surface area contributed by atoms with Crippen LogP contribution in [0.1, 0.15) is 5.69 Å².